The maximum atomic E-state index is 9.33. The number of hydrogen-bond donors (Lipinski definition) is 4. The number of ether oxygens (including phenoxy) is 1. The molecule has 4 N–H and O–H groups in total. The summed E-state index contributed by atoms with van der Waals surface area (Å²) in [5, 5.41) is 39.4. The number of nitrogens with zero attached hydrogens (tertiary/aromatic N) is 3. The quantitative estimate of drug-likeness (QED) is 0.242. The highest BCUT2D eigenvalue weighted by Crippen LogP contribution is 2.23. The van der Waals surface area contributed by atoms with E-state index in [1.54, 1.807) is 0 Å². The van der Waals surface area contributed by atoms with Crippen molar-refractivity contribution in [2.24, 2.45) is 5.11 Å². The molecule has 0 saturated carbocycles. The number of aliphatic hydroxyl groups is 4. The summed E-state index contributed by atoms with van der Waals surface area (Å²) in [5.74, 6) is 0. The van der Waals surface area contributed by atoms with Crippen molar-refractivity contribution >= 4 is 0 Å². The summed E-state index contributed by atoms with van der Waals surface area (Å²) in [7, 11) is 0. The van der Waals surface area contributed by atoms with Gasteiger partial charge in [-0.05, 0) is 5.53 Å². The Morgan fingerprint density at radius 2 is 2.00 bits per heavy atom. The van der Waals surface area contributed by atoms with Gasteiger partial charge >= 0.3 is 0 Å². The third-order valence-corrected chi connectivity index (χ3v) is 2.04. The molecule has 5 atom stereocenters. The van der Waals surface area contributed by atoms with E-state index in [9.17, 15) is 5.11 Å². The molecule has 0 aromatic heterocycles. The first-order chi connectivity index (χ1) is 6.61. The predicted molar refractivity (Wildman–Crippen MR) is 42.9 cm³/mol. The van der Waals surface area contributed by atoms with Gasteiger partial charge in [0.1, 0.15) is 18.3 Å². The molecule has 1 heterocycles. The lowest BCUT2D eigenvalue weighted by atomic mass is 10.1. The standard InChI is InChI=1S/C6H11N3O5/c7-9-8-2(1-10)5-3(11)4(12)6(13)14-5/h2-6,10-13H,1H2/t2-,3+,4-,5-,6?/m0/s1. The van der Waals surface area contributed by atoms with Gasteiger partial charge in [0, 0.05) is 4.91 Å². The van der Waals surface area contributed by atoms with Gasteiger partial charge in [0.25, 0.3) is 0 Å². The van der Waals surface area contributed by atoms with Crippen molar-refractivity contribution in [2.45, 2.75) is 30.6 Å². The van der Waals surface area contributed by atoms with Crippen molar-refractivity contribution in [3.63, 3.8) is 0 Å². The van der Waals surface area contributed by atoms with E-state index < -0.39 is 37.3 Å². The Kier molecular flexibility index (Phi) is 3.64. The van der Waals surface area contributed by atoms with Crippen LogP contribution in [0.2, 0.25) is 0 Å². The summed E-state index contributed by atoms with van der Waals surface area (Å²) in [6, 6.07) is -1.03. The summed E-state index contributed by atoms with van der Waals surface area (Å²) in [6.45, 7) is -0.536. The van der Waals surface area contributed by atoms with Gasteiger partial charge in [0.05, 0.1) is 12.6 Å². The minimum absolute atomic E-state index is 0.536. The van der Waals surface area contributed by atoms with E-state index in [-0.39, 0.29) is 0 Å². The van der Waals surface area contributed by atoms with Crippen LogP contribution in [0.5, 0.6) is 0 Å². The van der Waals surface area contributed by atoms with Crippen LogP contribution in [0.1, 0.15) is 0 Å². The molecule has 0 spiro atoms. The van der Waals surface area contributed by atoms with Gasteiger partial charge in [-0.2, -0.15) is 0 Å². The van der Waals surface area contributed by atoms with Gasteiger partial charge in [0.2, 0.25) is 0 Å². The van der Waals surface area contributed by atoms with E-state index in [0.29, 0.717) is 0 Å². The predicted octanol–water partition coefficient (Wildman–Crippen LogP) is -1.90. The van der Waals surface area contributed by atoms with Gasteiger partial charge < -0.3 is 25.2 Å². The second-order valence-corrected chi connectivity index (χ2v) is 2.93. The maximum absolute atomic E-state index is 9.33. The zero-order valence-electron chi connectivity index (χ0n) is 7.13. The van der Waals surface area contributed by atoms with E-state index in [0.717, 1.165) is 0 Å². The molecule has 1 saturated heterocycles. The first-order valence-electron chi connectivity index (χ1n) is 3.96. The smallest absolute Gasteiger partial charge is 0.183 e. The van der Waals surface area contributed by atoms with Crippen molar-refractivity contribution in [1.82, 2.24) is 0 Å². The molecule has 8 nitrogen and oxygen atoms in total. The normalized spacial score (nSPS) is 39.1. The minimum Gasteiger partial charge on any atom is -0.396 e. The van der Waals surface area contributed by atoms with Crippen molar-refractivity contribution in [3.05, 3.63) is 10.4 Å². The molecule has 0 amide bonds. The van der Waals surface area contributed by atoms with Crippen LogP contribution in [0.15, 0.2) is 5.11 Å². The number of hydrogen-bond acceptors (Lipinski definition) is 6. The number of azide groups is 1. The fourth-order valence-corrected chi connectivity index (χ4v) is 1.28. The lowest BCUT2D eigenvalue weighted by Gasteiger charge is -2.18. The van der Waals surface area contributed by atoms with Gasteiger partial charge in [-0.15, -0.1) is 0 Å². The molecule has 0 aromatic carbocycles. The fraction of sp³-hybridized carbons (Fsp3) is 1.00. The molecule has 1 rings (SSSR count). The molecule has 1 aliphatic rings. The summed E-state index contributed by atoms with van der Waals surface area (Å²) in [6.07, 6.45) is -5.46. The largest absolute Gasteiger partial charge is 0.396 e. The van der Waals surface area contributed by atoms with Crippen molar-refractivity contribution < 1.29 is 25.2 Å². The summed E-state index contributed by atoms with van der Waals surface area (Å²) < 4.78 is 4.72. The summed E-state index contributed by atoms with van der Waals surface area (Å²) in [5.41, 5.74) is 8.13. The van der Waals surface area contributed by atoms with Crippen LogP contribution < -0.4 is 0 Å². The van der Waals surface area contributed by atoms with Gasteiger partial charge in [-0.25, -0.2) is 0 Å². The first-order valence-corrected chi connectivity index (χ1v) is 3.96. The molecule has 14 heavy (non-hydrogen) atoms. The molecule has 1 fully saturated rings. The Labute approximate surface area is 79.0 Å². The molecular formula is C6H11N3O5. The third-order valence-electron chi connectivity index (χ3n) is 2.04. The molecule has 80 valence electrons. The van der Waals surface area contributed by atoms with Crippen LogP contribution in [0.25, 0.3) is 10.4 Å². The number of rotatable bonds is 3. The van der Waals surface area contributed by atoms with Crippen molar-refractivity contribution in [1.29, 1.82) is 0 Å². The first kappa shape index (κ1) is 11.2. The van der Waals surface area contributed by atoms with Gasteiger partial charge in [-0.1, -0.05) is 5.11 Å². The van der Waals surface area contributed by atoms with Gasteiger partial charge in [0.15, 0.2) is 6.29 Å². The zero-order chi connectivity index (χ0) is 10.7. The van der Waals surface area contributed by atoms with Crippen LogP contribution >= 0.6 is 0 Å². The van der Waals surface area contributed by atoms with Crippen LogP contribution in [-0.4, -0.2) is 57.7 Å². The molecule has 0 aromatic rings. The highest BCUT2D eigenvalue weighted by atomic mass is 16.6. The van der Waals surface area contributed by atoms with E-state index in [2.05, 4.69) is 10.0 Å². The second-order valence-electron chi connectivity index (χ2n) is 2.93. The Bertz CT molecular complexity index is 244. The van der Waals surface area contributed by atoms with Crippen LogP contribution in [0, 0.1) is 0 Å². The zero-order valence-corrected chi connectivity index (χ0v) is 7.13. The average molecular weight is 205 g/mol. The van der Waals surface area contributed by atoms with Crippen LogP contribution in [0.3, 0.4) is 0 Å². The molecule has 0 aliphatic carbocycles. The Hall–Kier alpha value is -0.890. The highest BCUT2D eigenvalue weighted by Gasteiger charge is 2.45. The van der Waals surface area contributed by atoms with Crippen molar-refractivity contribution in [2.75, 3.05) is 6.61 Å². The lowest BCUT2D eigenvalue weighted by Crippen LogP contribution is -2.39. The van der Waals surface area contributed by atoms with Crippen LogP contribution in [0.4, 0.5) is 0 Å². The lowest BCUT2D eigenvalue weighted by molar-refractivity contribution is -0.131. The Balaban J connectivity index is 2.73. The van der Waals surface area contributed by atoms with E-state index in [1.165, 1.54) is 0 Å². The highest BCUT2D eigenvalue weighted by molar-refractivity contribution is 4.93. The average Bonchev–Trinajstić information content (AvgIpc) is 2.42. The Morgan fingerprint density at radius 1 is 1.36 bits per heavy atom. The molecule has 1 unspecified atom stereocenters. The minimum atomic E-state index is -1.53. The molecule has 8 heteroatoms. The monoisotopic (exact) mass is 205 g/mol. The second kappa shape index (κ2) is 4.56. The molecule has 1 aliphatic heterocycles. The topological polar surface area (TPSA) is 139 Å². The van der Waals surface area contributed by atoms with E-state index in [4.69, 9.17) is 25.6 Å². The number of aliphatic hydroxyl groups excluding tert-OH is 4. The third kappa shape index (κ3) is 1.95. The SMILES string of the molecule is [N-]=[N+]=N[C@@H](CO)[C@@H]1OC(O)[C@@H](O)[C@H]1O. The summed E-state index contributed by atoms with van der Waals surface area (Å²) in [4.78, 5) is 2.45. The molecular weight excluding hydrogens is 194 g/mol. The fourth-order valence-electron chi connectivity index (χ4n) is 1.28. The summed E-state index contributed by atoms with van der Waals surface area (Å²) >= 11 is 0. The maximum Gasteiger partial charge on any atom is 0.183 e. The van der Waals surface area contributed by atoms with E-state index >= 15 is 0 Å². The van der Waals surface area contributed by atoms with Crippen molar-refractivity contribution in [3.8, 4) is 0 Å². The van der Waals surface area contributed by atoms with E-state index in [1.807, 2.05) is 0 Å². The van der Waals surface area contributed by atoms with Gasteiger partial charge in [-0.3, -0.25) is 0 Å². The Morgan fingerprint density at radius 3 is 2.36 bits per heavy atom. The van der Waals surface area contributed by atoms with Crippen LogP contribution in [-0.2, 0) is 4.74 Å². The molecule has 0 bridgehead atoms. The molecule has 0 radical (unpaired) electrons.